The van der Waals surface area contributed by atoms with Crippen LogP contribution in [0.5, 0.6) is 5.75 Å². The summed E-state index contributed by atoms with van der Waals surface area (Å²) in [5, 5.41) is 3.08. The van der Waals surface area contributed by atoms with Crippen molar-refractivity contribution in [3.63, 3.8) is 0 Å². The first-order chi connectivity index (χ1) is 16.9. The number of ether oxygens (including phenoxy) is 1. The SMILES string of the molecule is CCOc1ccc(N(CC(=O)N[C@@H]2CCCc3ccccc32)S(=O)(=O)c2ccc(SC)cc2)cc1. The smallest absolute Gasteiger partial charge is 0.264 e. The molecule has 1 N–H and O–H groups in total. The van der Waals surface area contributed by atoms with Gasteiger partial charge in [-0.25, -0.2) is 8.42 Å². The standard InChI is InChI=1S/C27H30N2O4S2/c1-3-33-22-13-11-21(12-14-22)29(35(31,32)24-17-15-23(34-2)16-18-24)19-27(30)28-26-10-6-8-20-7-4-5-9-25(20)26/h4-5,7,9,11-18,26H,3,6,8,10,19H2,1-2H3,(H,28,30)/t26-/m1/s1. The topological polar surface area (TPSA) is 75.7 Å². The van der Waals surface area contributed by atoms with Gasteiger partial charge in [-0.3, -0.25) is 9.10 Å². The molecule has 0 aliphatic heterocycles. The number of benzene rings is 3. The Kier molecular flexibility index (Phi) is 8.03. The molecule has 3 aromatic rings. The van der Waals surface area contributed by atoms with Gasteiger partial charge in [0.15, 0.2) is 0 Å². The first kappa shape index (κ1) is 25.1. The van der Waals surface area contributed by atoms with E-state index in [4.69, 9.17) is 4.74 Å². The van der Waals surface area contributed by atoms with Gasteiger partial charge in [-0.2, -0.15) is 0 Å². The van der Waals surface area contributed by atoms with Crippen LogP contribution in [0.4, 0.5) is 5.69 Å². The van der Waals surface area contributed by atoms with Crippen LogP contribution < -0.4 is 14.4 Å². The molecule has 184 valence electrons. The lowest BCUT2D eigenvalue weighted by molar-refractivity contribution is -0.120. The van der Waals surface area contributed by atoms with Gasteiger partial charge in [0.25, 0.3) is 10.0 Å². The molecule has 0 unspecified atom stereocenters. The molecule has 1 amide bonds. The van der Waals surface area contributed by atoms with E-state index in [1.807, 2.05) is 31.4 Å². The zero-order valence-electron chi connectivity index (χ0n) is 19.9. The van der Waals surface area contributed by atoms with Crippen molar-refractivity contribution in [3.8, 4) is 5.75 Å². The van der Waals surface area contributed by atoms with E-state index in [1.54, 1.807) is 48.5 Å². The van der Waals surface area contributed by atoms with Gasteiger partial charge < -0.3 is 10.1 Å². The molecular formula is C27H30N2O4S2. The Bertz CT molecular complexity index is 1260. The number of anilines is 1. The largest absolute Gasteiger partial charge is 0.494 e. The third-order valence-corrected chi connectivity index (χ3v) is 8.61. The lowest BCUT2D eigenvalue weighted by atomic mass is 9.88. The van der Waals surface area contributed by atoms with E-state index in [0.717, 1.165) is 29.7 Å². The number of hydrogen-bond donors (Lipinski definition) is 1. The predicted molar refractivity (Wildman–Crippen MR) is 141 cm³/mol. The molecule has 0 radical (unpaired) electrons. The van der Waals surface area contributed by atoms with Gasteiger partial charge in [-0.15, -0.1) is 11.8 Å². The Morgan fingerprint density at radius 1 is 1.06 bits per heavy atom. The third-order valence-electron chi connectivity index (χ3n) is 6.07. The minimum atomic E-state index is -3.98. The number of carbonyl (C=O) groups excluding carboxylic acids is 1. The second-order valence-corrected chi connectivity index (χ2v) is 11.1. The molecule has 8 heteroatoms. The highest BCUT2D eigenvalue weighted by molar-refractivity contribution is 7.98. The van der Waals surface area contributed by atoms with Crippen molar-refractivity contribution in [1.29, 1.82) is 0 Å². The maximum Gasteiger partial charge on any atom is 0.264 e. The number of hydrogen-bond acceptors (Lipinski definition) is 5. The summed E-state index contributed by atoms with van der Waals surface area (Å²) in [7, 11) is -3.98. The minimum Gasteiger partial charge on any atom is -0.494 e. The van der Waals surface area contributed by atoms with Gasteiger partial charge >= 0.3 is 0 Å². The van der Waals surface area contributed by atoms with E-state index in [0.29, 0.717) is 18.0 Å². The zero-order valence-corrected chi connectivity index (χ0v) is 21.6. The molecule has 0 fully saturated rings. The summed E-state index contributed by atoms with van der Waals surface area (Å²) in [6.07, 6.45) is 4.73. The Hall–Kier alpha value is -2.97. The van der Waals surface area contributed by atoms with Crippen molar-refractivity contribution >= 4 is 33.4 Å². The molecule has 1 atom stereocenters. The fourth-order valence-corrected chi connectivity index (χ4v) is 6.17. The second-order valence-electron chi connectivity index (χ2n) is 8.33. The Morgan fingerprint density at radius 3 is 2.46 bits per heavy atom. The van der Waals surface area contributed by atoms with Gasteiger partial charge in [0.1, 0.15) is 12.3 Å². The highest BCUT2D eigenvalue weighted by Gasteiger charge is 2.29. The molecule has 35 heavy (non-hydrogen) atoms. The number of carbonyl (C=O) groups is 1. The number of sulfonamides is 1. The summed E-state index contributed by atoms with van der Waals surface area (Å²) in [5.41, 5.74) is 2.74. The van der Waals surface area contributed by atoms with E-state index < -0.39 is 10.0 Å². The average Bonchev–Trinajstić information content (AvgIpc) is 2.88. The number of amides is 1. The van der Waals surface area contributed by atoms with Crippen LogP contribution in [0.2, 0.25) is 0 Å². The molecule has 0 spiro atoms. The van der Waals surface area contributed by atoms with Gasteiger partial charge in [-0.1, -0.05) is 24.3 Å². The quantitative estimate of drug-likeness (QED) is 0.401. The van der Waals surface area contributed by atoms with Crippen LogP contribution in [0.15, 0.2) is 82.6 Å². The second kappa shape index (κ2) is 11.2. The van der Waals surface area contributed by atoms with Crippen LogP contribution in [-0.4, -0.2) is 33.7 Å². The molecule has 0 aromatic heterocycles. The highest BCUT2D eigenvalue weighted by atomic mass is 32.2. The predicted octanol–water partition coefficient (Wildman–Crippen LogP) is 5.20. The molecular weight excluding hydrogens is 480 g/mol. The maximum absolute atomic E-state index is 13.7. The summed E-state index contributed by atoms with van der Waals surface area (Å²) < 4.78 is 34.0. The molecule has 1 aliphatic rings. The average molecular weight is 511 g/mol. The molecule has 3 aromatic carbocycles. The minimum absolute atomic E-state index is 0.127. The summed E-state index contributed by atoms with van der Waals surface area (Å²) in [6.45, 7) is 2.07. The molecule has 4 rings (SSSR count). The zero-order chi connectivity index (χ0) is 24.8. The van der Waals surface area contributed by atoms with Crippen LogP contribution in [0.25, 0.3) is 0 Å². The summed E-state index contributed by atoms with van der Waals surface area (Å²) in [5.74, 6) is 0.297. The lowest BCUT2D eigenvalue weighted by Crippen LogP contribution is -2.42. The lowest BCUT2D eigenvalue weighted by Gasteiger charge is -2.29. The fraction of sp³-hybridized carbons (Fsp3) is 0.296. The number of fused-ring (bicyclic) bond motifs is 1. The first-order valence-corrected chi connectivity index (χ1v) is 14.4. The Balaban J connectivity index is 1.62. The van der Waals surface area contributed by atoms with E-state index >= 15 is 0 Å². The van der Waals surface area contributed by atoms with E-state index in [2.05, 4.69) is 11.4 Å². The number of rotatable bonds is 9. The van der Waals surface area contributed by atoms with Gasteiger partial charge in [-0.05, 0) is 92.1 Å². The van der Waals surface area contributed by atoms with E-state index in [1.165, 1.54) is 21.6 Å². The third kappa shape index (κ3) is 5.82. The molecule has 0 heterocycles. The highest BCUT2D eigenvalue weighted by Crippen LogP contribution is 2.30. The van der Waals surface area contributed by atoms with Crippen LogP contribution >= 0.6 is 11.8 Å². The van der Waals surface area contributed by atoms with Crippen molar-refractivity contribution < 1.29 is 17.9 Å². The number of nitrogens with one attached hydrogen (secondary N) is 1. The Morgan fingerprint density at radius 2 is 1.77 bits per heavy atom. The summed E-state index contributed by atoms with van der Waals surface area (Å²) in [6, 6.07) is 21.4. The first-order valence-electron chi connectivity index (χ1n) is 11.7. The normalized spacial score (nSPS) is 15.2. The molecule has 6 nitrogen and oxygen atoms in total. The van der Waals surface area contributed by atoms with Crippen LogP contribution in [0, 0.1) is 0 Å². The van der Waals surface area contributed by atoms with Gasteiger partial charge in [0.05, 0.1) is 23.2 Å². The van der Waals surface area contributed by atoms with Gasteiger partial charge in [0.2, 0.25) is 5.91 Å². The van der Waals surface area contributed by atoms with E-state index in [9.17, 15) is 13.2 Å². The van der Waals surface area contributed by atoms with Crippen molar-refractivity contribution in [1.82, 2.24) is 5.32 Å². The number of nitrogens with zero attached hydrogens (tertiary/aromatic N) is 1. The maximum atomic E-state index is 13.7. The van der Waals surface area contributed by atoms with E-state index in [-0.39, 0.29) is 23.4 Å². The van der Waals surface area contributed by atoms with Crippen LogP contribution in [-0.2, 0) is 21.2 Å². The molecule has 1 aliphatic carbocycles. The summed E-state index contributed by atoms with van der Waals surface area (Å²) in [4.78, 5) is 14.3. The van der Waals surface area contributed by atoms with Gasteiger partial charge in [0, 0.05) is 4.90 Å². The van der Waals surface area contributed by atoms with Crippen LogP contribution in [0.3, 0.4) is 0 Å². The monoisotopic (exact) mass is 510 g/mol. The summed E-state index contributed by atoms with van der Waals surface area (Å²) >= 11 is 1.54. The van der Waals surface area contributed by atoms with Crippen LogP contribution in [0.1, 0.15) is 36.9 Å². The fourth-order valence-electron chi connectivity index (χ4n) is 4.34. The van der Waals surface area contributed by atoms with Crippen molar-refractivity contribution in [2.75, 3.05) is 23.7 Å². The van der Waals surface area contributed by atoms with Crippen molar-refractivity contribution in [2.45, 2.75) is 42.0 Å². The molecule has 0 saturated carbocycles. The number of aryl methyl sites for hydroxylation is 1. The van der Waals surface area contributed by atoms with Crippen molar-refractivity contribution in [2.24, 2.45) is 0 Å². The molecule has 0 saturated heterocycles. The molecule has 0 bridgehead atoms. The number of thioether (sulfide) groups is 1. The van der Waals surface area contributed by atoms with Crippen molar-refractivity contribution in [3.05, 3.63) is 83.9 Å². The Labute approximate surface area is 211 Å².